The number of rotatable bonds is 8. The number of thiocarbonyl (C=S) groups is 1. The van der Waals surface area contributed by atoms with Crippen LogP contribution in [0.2, 0.25) is 0 Å². The van der Waals surface area contributed by atoms with Crippen LogP contribution >= 0.6 is 12.2 Å². The summed E-state index contributed by atoms with van der Waals surface area (Å²) in [5, 5.41) is 12.5. The standard InChI is InChI=1S/C24H24F3N5S/c1-2-12-31(23(33)30-21-9-7-20(8-10-21)24(25,26)27)13-11-22-15-29-17-32(22)16-19-5-3-18(14-28)4-6-19/h3-10,15,17H,2,11-13,16H2,1H3,(H,30,33). The minimum absolute atomic E-state index is 0.467. The van der Waals surface area contributed by atoms with E-state index in [0.717, 1.165) is 36.4 Å². The fraction of sp³-hybridized carbons (Fsp3) is 0.292. The lowest BCUT2D eigenvalue weighted by Gasteiger charge is -2.26. The Morgan fingerprint density at radius 1 is 1.12 bits per heavy atom. The maximum Gasteiger partial charge on any atom is 0.416 e. The molecule has 1 N–H and O–H groups in total. The van der Waals surface area contributed by atoms with Gasteiger partial charge in [-0.15, -0.1) is 0 Å². The molecule has 3 aromatic rings. The van der Waals surface area contributed by atoms with E-state index in [-0.39, 0.29) is 0 Å². The molecule has 0 spiro atoms. The summed E-state index contributed by atoms with van der Waals surface area (Å²) >= 11 is 5.53. The quantitative estimate of drug-likeness (QED) is 0.442. The van der Waals surface area contributed by atoms with Gasteiger partial charge in [0.25, 0.3) is 0 Å². The van der Waals surface area contributed by atoms with Crippen LogP contribution in [0.3, 0.4) is 0 Å². The Kier molecular flexibility index (Phi) is 8.06. The molecule has 0 amide bonds. The first-order valence-corrected chi connectivity index (χ1v) is 10.9. The van der Waals surface area contributed by atoms with Gasteiger partial charge in [0.05, 0.1) is 23.5 Å². The second kappa shape index (κ2) is 11.0. The first-order chi connectivity index (χ1) is 15.8. The maximum atomic E-state index is 12.8. The molecule has 0 radical (unpaired) electrons. The van der Waals surface area contributed by atoms with Gasteiger partial charge < -0.3 is 14.8 Å². The number of nitrogens with zero attached hydrogens (tertiary/aromatic N) is 4. The molecule has 33 heavy (non-hydrogen) atoms. The van der Waals surface area contributed by atoms with Crippen LogP contribution in [0.4, 0.5) is 18.9 Å². The van der Waals surface area contributed by atoms with Gasteiger partial charge in [-0.05, 0) is 60.6 Å². The molecule has 5 nitrogen and oxygen atoms in total. The van der Waals surface area contributed by atoms with Crippen molar-refractivity contribution in [1.29, 1.82) is 5.26 Å². The molecule has 0 fully saturated rings. The van der Waals surface area contributed by atoms with Gasteiger partial charge in [-0.2, -0.15) is 18.4 Å². The fourth-order valence-corrected chi connectivity index (χ4v) is 3.66. The normalized spacial score (nSPS) is 11.1. The smallest absolute Gasteiger partial charge is 0.349 e. The first kappa shape index (κ1) is 24.3. The summed E-state index contributed by atoms with van der Waals surface area (Å²) in [7, 11) is 0. The van der Waals surface area contributed by atoms with Crippen molar-refractivity contribution in [2.24, 2.45) is 0 Å². The number of anilines is 1. The molecule has 0 unspecified atom stereocenters. The summed E-state index contributed by atoms with van der Waals surface area (Å²) in [5.41, 5.74) is 2.55. The number of benzene rings is 2. The molecule has 1 heterocycles. The number of nitriles is 1. The van der Waals surface area contributed by atoms with Crippen molar-refractivity contribution in [2.75, 3.05) is 18.4 Å². The van der Waals surface area contributed by atoms with Crippen LogP contribution in [0.1, 0.15) is 35.7 Å². The number of nitrogens with one attached hydrogen (secondary N) is 1. The van der Waals surface area contributed by atoms with Crippen LogP contribution in [0.5, 0.6) is 0 Å². The largest absolute Gasteiger partial charge is 0.416 e. The van der Waals surface area contributed by atoms with Gasteiger partial charge in [0.2, 0.25) is 0 Å². The van der Waals surface area contributed by atoms with Crippen molar-refractivity contribution >= 4 is 23.0 Å². The predicted octanol–water partition coefficient (Wildman–Crippen LogP) is 5.47. The highest BCUT2D eigenvalue weighted by Gasteiger charge is 2.30. The van der Waals surface area contributed by atoms with Crippen LogP contribution < -0.4 is 5.32 Å². The maximum absolute atomic E-state index is 12.8. The lowest BCUT2D eigenvalue weighted by Crippen LogP contribution is -2.37. The van der Waals surface area contributed by atoms with Gasteiger partial charge >= 0.3 is 6.18 Å². The third kappa shape index (κ3) is 6.80. The van der Waals surface area contributed by atoms with Crippen molar-refractivity contribution in [3.05, 3.63) is 83.4 Å². The fourth-order valence-electron chi connectivity index (χ4n) is 3.36. The summed E-state index contributed by atoms with van der Waals surface area (Å²) in [5.74, 6) is 0. The zero-order valence-electron chi connectivity index (χ0n) is 18.1. The van der Waals surface area contributed by atoms with Crippen LogP contribution in [0.15, 0.2) is 61.1 Å². The van der Waals surface area contributed by atoms with E-state index in [1.54, 1.807) is 18.5 Å². The van der Waals surface area contributed by atoms with E-state index in [2.05, 4.69) is 20.9 Å². The number of aromatic nitrogens is 2. The second-order valence-corrected chi connectivity index (χ2v) is 7.95. The summed E-state index contributed by atoms with van der Waals surface area (Å²) in [4.78, 5) is 6.27. The second-order valence-electron chi connectivity index (χ2n) is 7.56. The molecule has 0 bridgehead atoms. The van der Waals surface area contributed by atoms with Gasteiger partial charge in [-0.1, -0.05) is 19.1 Å². The molecule has 9 heteroatoms. The Balaban J connectivity index is 1.61. The molecule has 0 saturated heterocycles. The average molecular weight is 472 g/mol. The number of hydrogen-bond acceptors (Lipinski definition) is 3. The van der Waals surface area contributed by atoms with E-state index < -0.39 is 11.7 Å². The Morgan fingerprint density at radius 3 is 2.42 bits per heavy atom. The third-order valence-corrected chi connectivity index (χ3v) is 5.48. The number of imidazole rings is 1. The molecule has 0 aliphatic carbocycles. The summed E-state index contributed by atoms with van der Waals surface area (Å²) in [6.07, 6.45) is 0.801. The SMILES string of the molecule is CCCN(CCc1cncn1Cc1ccc(C#N)cc1)C(=S)Nc1ccc(C(F)(F)F)cc1. The Labute approximate surface area is 196 Å². The van der Waals surface area contributed by atoms with Gasteiger partial charge in [0.1, 0.15) is 0 Å². The molecule has 0 saturated carbocycles. The minimum Gasteiger partial charge on any atom is -0.349 e. The van der Waals surface area contributed by atoms with E-state index in [0.29, 0.717) is 35.9 Å². The van der Waals surface area contributed by atoms with Gasteiger partial charge in [-0.3, -0.25) is 0 Å². The molecule has 0 aliphatic heterocycles. The monoisotopic (exact) mass is 471 g/mol. The Morgan fingerprint density at radius 2 is 1.82 bits per heavy atom. The number of hydrogen-bond donors (Lipinski definition) is 1. The van der Waals surface area contributed by atoms with E-state index >= 15 is 0 Å². The molecule has 1 aromatic heterocycles. The Hall–Kier alpha value is -3.38. The van der Waals surface area contributed by atoms with Crippen molar-refractivity contribution < 1.29 is 13.2 Å². The summed E-state index contributed by atoms with van der Waals surface area (Å²) in [6, 6.07) is 14.4. The van der Waals surface area contributed by atoms with Crippen molar-refractivity contribution in [3.63, 3.8) is 0 Å². The van der Waals surface area contributed by atoms with E-state index in [1.807, 2.05) is 30.2 Å². The molecular formula is C24H24F3N5S. The predicted molar refractivity (Wildman–Crippen MR) is 126 cm³/mol. The lowest BCUT2D eigenvalue weighted by atomic mass is 10.1. The Bertz CT molecular complexity index is 1100. The molecule has 172 valence electrons. The first-order valence-electron chi connectivity index (χ1n) is 10.5. The molecule has 0 atom stereocenters. The molecular weight excluding hydrogens is 447 g/mol. The van der Waals surface area contributed by atoms with Crippen molar-refractivity contribution in [2.45, 2.75) is 32.5 Å². The molecule has 0 aliphatic rings. The van der Waals surface area contributed by atoms with E-state index in [4.69, 9.17) is 17.5 Å². The van der Waals surface area contributed by atoms with Crippen LogP contribution in [-0.4, -0.2) is 32.7 Å². The zero-order valence-corrected chi connectivity index (χ0v) is 19.0. The highest BCUT2D eigenvalue weighted by Crippen LogP contribution is 2.29. The van der Waals surface area contributed by atoms with Gasteiger partial charge in [-0.25, -0.2) is 4.98 Å². The topological polar surface area (TPSA) is 56.9 Å². The highest BCUT2D eigenvalue weighted by atomic mass is 32.1. The van der Waals surface area contributed by atoms with Crippen LogP contribution in [0, 0.1) is 11.3 Å². The van der Waals surface area contributed by atoms with Gasteiger partial charge in [0, 0.05) is 43.6 Å². The zero-order chi connectivity index (χ0) is 23.8. The van der Waals surface area contributed by atoms with Crippen LogP contribution in [0.25, 0.3) is 0 Å². The van der Waals surface area contributed by atoms with Crippen molar-refractivity contribution in [3.8, 4) is 6.07 Å². The number of halogens is 3. The summed E-state index contributed by atoms with van der Waals surface area (Å²) in [6.45, 7) is 4.04. The highest BCUT2D eigenvalue weighted by molar-refractivity contribution is 7.80. The lowest BCUT2D eigenvalue weighted by molar-refractivity contribution is -0.137. The van der Waals surface area contributed by atoms with Crippen LogP contribution in [-0.2, 0) is 19.1 Å². The molecule has 3 rings (SSSR count). The number of alkyl halides is 3. The summed E-state index contributed by atoms with van der Waals surface area (Å²) < 4.78 is 40.4. The average Bonchev–Trinajstić information content (AvgIpc) is 3.23. The molecule has 2 aromatic carbocycles. The van der Waals surface area contributed by atoms with Crippen molar-refractivity contribution in [1.82, 2.24) is 14.5 Å². The van der Waals surface area contributed by atoms with E-state index in [1.165, 1.54) is 12.1 Å². The minimum atomic E-state index is -4.37. The van der Waals surface area contributed by atoms with Gasteiger partial charge in [0.15, 0.2) is 5.11 Å². The third-order valence-electron chi connectivity index (χ3n) is 5.12. The van der Waals surface area contributed by atoms with E-state index in [9.17, 15) is 13.2 Å².